The van der Waals surface area contributed by atoms with Gasteiger partial charge in [0.2, 0.25) is 15.9 Å². The molecule has 0 atom stereocenters. The molecular formula is C12H13BrCl2N2O3S. The number of amides is 1. The van der Waals surface area contributed by atoms with Gasteiger partial charge in [-0.25, -0.2) is 8.42 Å². The summed E-state index contributed by atoms with van der Waals surface area (Å²) in [4.78, 5) is 11.0. The van der Waals surface area contributed by atoms with Crippen molar-refractivity contribution in [1.82, 2.24) is 4.31 Å². The molecule has 116 valence electrons. The molecule has 9 heteroatoms. The molecule has 1 aliphatic heterocycles. The van der Waals surface area contributed by atoms with E-state index in [1.807, 2.05) is 0 Å². The minimum Gasteiger partial charge on any atom is -0.369 e. The van der Waals surface area contributed by atoms with E-state index >= 15 is 0 Å². The van der Waals surface area contributed by atoms with Crippen LogP contribution in [0.5, 0.6) is 0 Å². The average molecular weight is 416 g/mol. The first-order valence-electron chi connectivity index (χ1n) is 6.17. The lowest BCUT2D eigenvalue weighted by Crippen LogP contribution is -2.41. The summed E-state index contributed by atoms with van der Waals surface area (Å²) in [6, 6.07) is 2.97. The van der Waals surface area contributed by atoms with Gasteiger partial charge in [0.05, 0.1) is 10.0 Å². The first-order chi connectivity index (χ1) is 9.73. The Labute approximate surface area is 141 Å². The molecule has 2 rings (SSSR count). The van der Waals surface area contributed by atoms with Gasteiger partial charge >= 0.3 is 0 Å². The van der Waals surface area contributed by atoms with Crippen LogP contribution < -0.4 is 5.73 Å². The standard InChI is InChI=1S/C12H13BrCl2N2O3S/c13-8-5-9(14)11(10(15)6-8)21(19,20)17-3-1-7(2-4-17)12(16)18/h5-7H,1-4H2,(H2,16,18). The zero-order chi connectivity index (χ0) is 15.8. The molecule has 1 aromatic rings. The lowest BCUT2D eigenvalue weighted by molar-refractivity contribution is -0.122. The van der Waals surface area contributed by atoms with Crippen LogP contribution in [0.1, 0.15) is 12.8 Å². The molecule has 5 nitrogen and oxygen atoms in total. The van der Waals surface area contributed by atoms with Gasteiger partial charge in [-0.3, -0.25) is 4.79 Å². The Bertz CT molecular complexity index is 650. The molecule has 0 aliphatic carbocycles. The Hall–Kier alpha value is -0.340. The second-order valence-corrected chi connectivity index (χ2v) is 8.38. The van der Waals surface area contributed by atoms with Gasteiger partial charge in [0.1, 0.15) is 4.90 Å². The Balaban J connectivity index is 2.30. The predicted molar refractivity (Wildman–Crippen MR) is 84.8 cm³/mol. The highest BCUT2D eigenvalue weighted by atomic mass is 79.9. The van der Waals surface area contributed by atoms with E-state index in [0.717, 1.165) is 0 Å². The maximum Gasteiger partial charge on any atom is 0.246 e. The van der Waals surface area contributed by atoms with Crippen LogP contribution in [-0.2, 0) is 14.8 Å². The molecule has 1 aromatic carbocycles. The van der Waals surface area contributed by atoms with Gasteiger partial charge in [0.15, 0.2) is 0 Å². The van der Waals surface area contributed by atoms with Gasteiger partial charge in [-0.1, -0.05) is 39.1 Å². The number of primary amides is 1. The maximum absolute atomic E-state index is 12.6. The molecule has 1 amide bonds. The van der Waals surface area contributed by atoms with E-state index in [9.17, 15) is 13.2 Å². The molecule has 0 saturated carbocycles. The Morgan fingerprint density at radius 3 is 2.14 bits per heavy atom. The van der Waals surface area contributed by atoms with Gasteiger partial charge in [-0.2, -0.15) is 4.31 Å². The van der Waals surface area contributed by atoms with Gasteiger partial charge < -0.3 is 5.73 Å². The van der Waals surface area contributed by atoms with Crippen LogP contribution in [0.2, 0.25) is 10.0 Å². The summed E-state index contributed by atoms with van der Waals surface area (Å²) in [6.45, 7) is 0.442. The number of sulfonamides is 1. The van der Waals surface area contributed by atoms with E-state index in [-0.39, 0.29) is 33.9 Å². The van der Waals surface area contributed by atoms with Crippen molar-refractivity contribution >= 4 is 55.1 Å². The molecule has 0 bridgehead atoms. The molecule has 1 aliphatic rings. The first kappa shape index (κ1) is 17.0. The van der Waals surface area contributed by atoms with Gasteiger partial charge in [-0.15, -0.1) is 0 Å². The third-order valence-electron chi connectivity index (χ3n) is 3.42. The second kappa shape index (κ2) is 6.42. The SMILES string of the molecule is NC(=O)C1CCN(S(=O)(=O)c2c(Cl)cc(Br)cc2Cl)CC1. The van der Waals surface area contributed by atoms with Crippen LogP contribution in [0, 0.1) is 5.92 Å². The number of hydrogen-bond donors (Lipinski definition) is 1. The third kappa shape index (κ3) is 3.53. The minimum absolute atomic E-state index is 0.0615. The van der Waals surface area contributed by atoms with Gasteiger partial charge in [0, 0.05) is 23.5 Å². The first-order valence-corrected chi connectivity index (χ1v) is 9.16. The largest absolute Gasteiger partial charge is 0.369 e. The van der Waals surface area contributed by atoms with Crippen molar-refractivity contribution in [2.45, 2.75) is 17.7 Å². The van der Waals surface area contributed by atoms with E-state index in [1.165, 1.54) is 16.4 Å². The summed E-state index contributed by atoms with van der Waals surface area (Å²) in [5.41, 5.74) is 5.24. The molecule has 0 unspecified atom stereocenters. The molecule has 0 aromatic heterocycles. The van der Waals surface area contributed by atoms with Crippen LogP contribution in [-0.4, -0.2) is 31.7 Å². The summed E-state index contributed by atoms with van der Waals surface area (Å²) in [6.07, 6.45) is 0.806. The van der Waals surface area contributed by atoms with Crippen molar-refractivity contribution in [2.75, 3.05) is 13.1 Å². The molecule has 21 heavy (non-hydrogen) atoms. The van der Waals surface area contributed by atoms with Crippen LogP contribution in [0.25, 0.3) is 0 Å². The topological polar surface area (TPSA) is 80.5 Å². The van der Waals surface area contributed by atoms with Crippen LogP contribution in [0.4, 0.5) is 0 Å². The zero-order valence-electron chi connectivity index (χ0n) is 10.9. The molecule has 2 N–H and O–H groups in total. The smallest absolute Gasteiger partial charge is 0.246 e. The van der Waals surface area contributed by atoms with E-state index in [1.54, 1.807) is 0 Å². The lowest BCUT2D eigenvalue weighted by atomic mass is 9.98. The summed E-state index contributed by atoms with van der Waals surface area (Å²) in [5, 5.41) is 0.123. The summed E-state index contributed by atoms with van der Waals surface area (Å²) in [5.74, 6) is -0.681. The monoisotopic (exact) mass is 414 g/mol. The molecule has 0 spiro atoms. The number of hydrogen-bond acceptors (Lipinski definition) is 3. The van der Waals surface area contributed by atoms with Crippen LogP contribution in [0.3, 0.4) is 0 Å². The van der Waals surface area contributed by atoms with Crippen molar-refractivity contribution in [3.8, 4) is 0 Å². The molecular weight excluding hydrogens is 403 g/mol. The fourth-order valence-electron chi connectivity index (χ4n) is 2.29. The van der Waals surface area contributed by atoms with Crippen molar-refractivity contribution in [3.05, 3.63) is 26.7 Å². The third-order valence-corrected chi connectivity index (χ3v) is 6.70. The van der Waals surface area contributed by atoms with Crippen molar-refractivity contribution in [1.29, 1.82) is 0 Å². The molecule has 0 radical (unpaired) electrons. The van der Waals surface area contributed by atoms with Gasteiger partial charge in [-0.05, 0) is 25.0 Å². The summed E-state index contributed by atoms with van der Waals surface area (Å²) >= 11 is 15.3. The van der Waals surface area contributed by atoms with E-state index in [4.69, 9.17) is 28.9 Å². The Morgan fingerprint density at radius 2 is 1.71 bits per heavy atom. The van der Waals surface area contributed by atoms with Gasteiger partial charge in [0.25, 0.3) is 0 Å². The Morgan fingerprint density at radius 1 is 1.24 bits per heavy atom. The van der Waals surface area contributed by atoms with Crippen LogP contribution in [0.15, 0.2) is 21.5 Å². The summed E-state index contributed by atoms with van der Waals surface area (Å²) in [7, 11) is -3.79. The number of nitrogens with two attached hydrogens (primary N) is 1. The van der Waals surface area contributed by atoms with Crippen molar-refractivity contribution < 1.29 is 13.2 Å². The zero-order valence-corrected chi connectivity index (χ0v) is 14.8. The molecule has 1 heterocycles. The average Bonchev–Trinajstić information content (AvgIpc) is 2.37. The maximum atomic E-state index is 12.6. The van der Waals surface area contributed by atoms with Crippen LogP contribution >= 0.6 is 39.1 Å². The fraction of sp³-hybridized carbons (Fsp3) is 0.417. The number of halogens is 3. The number of rotatable bonds is 3. The quantitative estimate of drug-likeness (QED) is 0.823. The number of carbonyl (C=O) groups is 1. The normalized spacial score (nSPS) is 17.9. The van der Waals surface area contributed by atoms with E-state index < -0.39 is 15.9 Å². The Kier molecular flexibility index (Phi) is 5.20. The fourth-order valence-corrected chi connectivity index (χ4v) is 5.64. The highest BCUT2D eigenvalue weighted by Crippen LogP contribution is 2.35. The number of piperidine rings is 1. The lowest BCUT2D eigenvalue weighted by Gasteiger charge is -2.30. The number of benzene rings is 1. The summed E-state index contributed by atoms with van der Waals surface area (Å²) < 4.78 is 27.2. The van der Waals surface area contributed by atoms with Crippen molar-refractivity contribution in [2.24, 2.45) is 11.7 Å². The molecule has 1 fully saturated rings. The second-order valence-electron chi connectivity index (χ2n) is 4.78. The van der Waals surface area contributed by atoms with E-state index in [0.29, 0.717) is 17.3 Å². The predicted octanol–water partition coefficient (Wildman–Crippen LogP) is 2.64. The minimum atomic E-state index is -3.79. The highest BCUT2D eigenvalue weighted by Gasteiger charge is 2.33. The number of carbonyl (C=O) groups excluding carboxylic acids is 1. The highest BCUT2D eigenvalue weighted by molar-refractivity contribution is 9.10. The number of nitrogens with zero attached hydrogens (tertiary/aromatic N) is 1. The van der Waals surface area contributed by atoms with E-state index in [2.05, 4.69) is 15.9 Å². The molecule has 1 saturated heterocycles. The van der Waals surface area contributed by atoms with Crippen molar-refractivity contribution in [3.63, 3.8) is 0 Å².